The Balaban J connectivity index is 1.71. The van der Waals surface area contributed by atoms with E-state index < -0.39 is 0 Å². The fourth-order valence-corrected chi connectivity index (χ4v) is 2.60. The minimum absolute atomic E-state index is 0.346. The van der Waals surface area contributed by atoms with E-state index in [0.29, 0.717) is 17.8 Å². The number of nitrogens with zero attached hydrogens (tertiary/aromatic N) is 1. The molecule has 0 amide bonds. The molecule has 0 bridgehead atoms. The summed E-state index contributed by atoms with van der Waals surface area (Å²) in [6.07, 6.45) is 3.47. The molecule has 1 aliphatic heterocycles. The van der Waals surface area contributed by atoms with Gasteiger partial charge in [-0.3, -0.25) is 0 Å². The van der Waals surface area contributed by atoms with E-state index in [1.807, 2.05) is 12.1 Å². The molecule has 100 valence electrons. The molecule has 2 atom stereocenters. The zero-order valence-corrected chi connectivity index (χ0v) is 11.4. The Kier molecular flexibility index (Phi) is 4.61. The lowest BCUT2D eigenvalue weighted by Gasteiger charge is -2.19. The van der Waals surface area contributed by atoms with E-state index in [1.54, 1.807) is 12.1 Å². The van der Waals surface area contributed by atoms with E-state index in [9.17, 15) is 5.11 Å². The minimum atomic E-state index is 0.346. The molecular weight excluding hydrogens is 224 g/mol. The van der Waals surface area contributed by atoms with E-state index >= 15 is 0 Å². The monoisotopic (exact) mass is 248 g/mol. The zero-order valence-electron chi connectivity index (χ0n) is 11.4. The third kappa shape index (κ3) is 4.00. The molecule has 0 saturated carbocycles. The average molecular weight is 248 g/mol. The van der Waals surface area contributed by atoms with Crippen LogP contribution in [-0.2, 0) is 6.42 Å². The second-order valence-electron chi connectivity index (χ2n) is 5.52. The molecule has 2 N–H and O–H groups in total. The van der Waals surface area contributed by atoms with Crippen molar-refractivity contribution in [3.8, 4) is 5.75 Å². The standard InChI is InChI=1S/C15H24N2O/c1-12(16-14-9-10-17(2)11-14)3-4-13-5-7-15(18)8-6-13/h5-8,12,14,16,18H,3-4,9-11H2,1-2H3. The molecule has 0 spiro atoms. The fraction of sp³-hybridized carbons (Fsp3) is 0.600. The van der Waals surface area contributed by atoms with Crippen molar-refractivity contribution in [2.75, 3.05) is 20.1 Å². The Morgan fingerprint density at radius 1 is 1.39 bits per heavy atom. The zero-order chi connectivity index (χ0) is 13.0. The smallest absolute Gasteiger partial charge is 0.115 e. The summed E-state index contributed by atoms with van der Waals surface area (Å²) in [4.78, 5) is 2.38. The molecular formula is C15H24N2O. The van der Waals surface area contributed by atoms with Crippen molar-refractivity contribution in [3.05, 3.63) is 29.8 Å². The van der Waals surface area contributed by atoms with Crippen molar-refractivity contribution in [2.24, 2.45) is 0 Å². The molecule has 3 nitrogen and oxygen atoms in total. The first-order valence-corrected chi connectivity index (χ1v) is 6.86. The SMILES string of the molecule is CC(CCc1ccc(O)cc1)NC1CCN(C)C1. The highest BCUT2D eigenvalue weighted by Crippen LogP contribution is 2.13. The van der Waals surface area contributed by atoms with Crippen LogP contribution in [-0.4, -0.2) is 42.2 Å². The van der Waals surface area contributed by atoms with Crippen LogP contribution >= 0.6 is 0 Å². The van der Waals surface area contributed by atoms with Gasteiger partial charge in [0.1, 0.15) is 5.75 Å². The van der Waals surface area contributed by atoms with E-state index in [2.05, 4.69) is 24.2 Å². The largest absolute Gasteiger partial charge is 0.508 e. The summed E-state index contributed by atoms with van der Waals surface area (Å²) in [5, 5.41) is 12.9. The highest BCUT2D eigenvalue weighted by molar-refractivity contribution is 5.25. The second kappa shape index (κ2) is 6.21. The Morgan fingerprint density at radius 2 is 2.11 bits per heavy atom. The highest BCUT2D eigenvalue weighted by atomic mass is 16.3. The van der Waals surface area contributed by atoms with Gasteiger partial charge in [-0.25, -0.2) is 0 Å². The van der Waals surface area contributed by atoms with Gasteiger partial charge < -0.3 is 15.3 Å². The number of benzene rings is 1. The number of phenolic OH excluding ortho intramolecular Hbond substituents is 1. The maximum atomic E-state index is 9.23. The molecule has 1 fully saturated rings. The lowest BCUT2D eigenvalue weighted by Crippen LogP contribution is -2.38. The molecule has 0 radical (unpaired) electrons. The molecule has 1 heterocycles. The number of hydrogen-bond donors (Lipinski definition) is 2. The number of aromatic hydroxyl groups is 1. The van der Waals surface area contributed by atoms with Gasteiger partial charge in [-0.1, -0.05) is 12.1 Å². The molecule has 2 unspecified atom stereocenters. The molecule has 2 rings (SSSR count). The summed E-state index contributed by atoms with van der Waals surface area (Å²) >= 11 is 0. The second-order valence-corrected chi connectivity index (χ2v) is 5.52. The molecule has 1 aromatic carbocycles. The summed E-state index contributed by atoms with van der Waals surface area (Å²) in [6.45, 7) is 4.64. The van der Waals surface area contributed by atoms with Crippen molar-refractivity contribution in [1.82, 2.24) is 10.2 Å². The van der Waals surface area contributed by atoms with Gasteiger partial charge in [0.05, 0.1) is 0 Å². The molecule has 18 heavy (non-hydrogen) atoms. The first-order chi connectivity index (χ1) is 8.63. The van der Waals surface area contributed by atoms with Gasteiger partial charge in [0.15, 0.2) is 0 Å². The lowest BCUT2D eigenvalue weighted by atomic mass is 10.1. The van der Waals surface area contributed by atoms with Gasteiger partial charge in [0.2, 0.25) is 0 Å². The summed E-state index contributed by atoms with van der Waals surface area (Å²) < 4.78 is 0. The summed E-state index contributed by atoms with van der Waals surface area (Å²) in [5.74, 6) is 0.346. The van der Waals surface area contributed by atoms with Gasteiger partial charge in [-0.05, 0) is 57.5 Å². The maximum absolute atomic E-state index is 9.23. The molecule has 0 aromatic heterocycles. The van der Waals surface area contributed by atoms with Crippen LogP contribution in [0.4, 0.5) is 0 Å². The van der Waals surface area contributed by atoms with Crippen molar-refractivity contribution in [1.29, 1.82) is 0 Å². The number of aryl methyl sites for hydroxylation is 1. The van der Waals surface area contributed by atoms with E-state index in [4.69, 9.17) is 0 Å². The number of rotatable bonds is 5. The summed E-state index contributed by atoms with van der Waals surface area (Å²) in [6, 6.07) is 8.75. The highest BCUT2D eigenvalue weighted by Gasteiger charge is 2.20. The van der Waals surface area contributed by atoms with Crippen molar-refractivity contribution >= 4 is 0 Å². The number of hydrogen-bond acceptors (Lipinski definition) is 3. The van der Waals surface area contributed by atoms with Gasteiger partial charge >= 0.3 is 0 Å². The number of nitrogens with one attached hydrogen (secondary N) is 1. The van der Waals surface area contributed by atoms with Crippen LogP contribution < -0.4 is 5.32 Å². The summed E-state index contributed by atoms with van der Waals surface area (Å²) in [7, 11) is 2.18. The van der Waals surface area contributed by atoms with Crippen LogP contribution in [0.3, 0.4) is 0 Å². The quantitative estimate of drug-likeness (QED) is 0.836. The van der Waals surface area contributed by atoms with Gasteiger partial charge in [0, 0.05) is 18.6 Å². The van der Waals surface area contributed by atoms with Crippen LogP contribution in [0.1, 0.15) is 25.3 Å². The predicted molar refractivity (Wildman–Crippen MR) is 74.9 cm³/mol. The predicted octanol–water partition coefficient (Wildman–Crippen LogP) is 2.01. The minimum Gasteiger partial charge on any atom is -0.508 e. The maximum Gasteiger partial charge on any atom is 0.115 e. The Morgan fingerprint density at radius 3 is 2.72 bits per heavy atom. The fourth-order valence-electron chi connectivity index (χ4n) is 2.60. The normalized spacial score (nSPS) is 22.2. The number of likely N-dealkylation sites (N-methyl/N-ethyl adjacent to an activating group) is 1. The molecule has 1 aliphatic rings. The number of phenols is 1. The molecule has 1 saturated heterocycles. The van der Waals surface area contributed by atoms with Gasteiger partial charge in [-0.15, -0.1) is 0 Å². The average Bonchev–Trinajstić information content (AvgIpc) is 2.74. The van der Waals surface area contributed by atoms with E-state index in [1.165, 1.54) is 25.1 Å². The lowest BCUT2D eigenvalue weighted by molar-refractivity contribution is 0.380. The van der Waals surface area contributed by atoms with Crippen LogP contribution in [0.15, 0.2) is 24.3 Å². The van der Waals surface area contributed by atoms with Gasteiger partial charge in [0.25, 0.3) is 0 Å². The Labute approximate surface area is 110 Å². The van der Waals surface area contributed by atoms with Crippen molar-refractivity contribution in [3.63, 3.8) is 0 Å². The van der Waals surface area contributed by atoms with Crippen LogP contribution in [0.2, 0.25) is 0 Å². The molecule has 3 heteroatoms. The van der Waals surface area contributed by atoms with Crippen LogP contribution in [0.25, 0.3) is 0 Å². The van der Waals surface area contributed by atoms with E-state index in [-0.39, 0.29) is 0 Å². The van der Waals surface area contributed by atoms with Crippen molar-refractivity contribution in [2.45, 2.75) is 38.3 Å². The van der Waals surface area contributed by atoms with Gasteiger partial charge in [-0.2, -0.15) is 0 Å². The topological polar surface area (TPSA) is 35.5 Å². The summed E-state index contributed by atoms with van der Waals surface area (Å²) in [5.41, 5.74) is 1.30. The van der Waals surface area contributed by atoms with Crippen LogP contribution in [0.5, 0.6) is 5.75 Å². The molecule has 0 aliphatic carbocycles. The third-order valence-electron chi connectivity index (χ3n) is 3.71. The van der Waals surface area contributed by atoms with Crippen molar-refractivity contribution < 1.29 is 5.11 Å². The number of likely N-dealkylation sites (tertiary alicyclic amines) is 1. The first-order valence-electron chi connectivity index (χ1n) is 6.86. The molecule has 1 aromatic rings. The van der Waals surface area contributed by atoms with E-state index in [0.717, 1.165) is 12.8 Å². The Bertz CT molecular complexity index is 363. The Hall–Kier alpha value is -1.06. The van der Waals surface area contributed by atoms with Crippen LogP contribution in [0, 0.1) is 0 Å². The third-order valence-corrected chi connectivity index (χ3v) is 3.71. The first kappa shape index (κ1) is 13.4.